The number of thiazole rings is 1. The summed E-state index contributed by atoms with van der Waals surface area (Å²) in [5.74, 6) is 0.0296. The zero-order chi connectivity index (χ0) is 13.6. The van der Waals surface area contributed by atoms with E-state index in [1.54, 1.807) is 18.7 Å². The molecule has 1 aliphatic rings. The second kappa shape index (κ2) is 4.44. The number of anilines is 1. The molecule has 104 valence electrons. The third-order valence-corrected chi connectivity index (χ3v) is 5.56. The van der Waals surface area contributed by atoms with Gasteiger partial charge < -0.3 is 10.5 Å². The van der Waals surface area contributed by atoms with Crippen LogP contribution in [0.1, 0.15) is 12.8 Å². The number of nitrogens with two attached hydrogens (primary N) is 1. The minimum absolute atomic E-state index is 0.0182. The largest absolute Gasteiger partial charge is 0.381 e. The molecule has 1 saturated carbocycles. The number of hydrogen-bond donors (Lipinski definition) is 2. The molecular weight excluding hydrogens is 288 g/mol. The highest BCUT2D eigenvalue weighted by Gasteiger charge is 2.34. The Kier molecular flexibility index (Phi) is 3.01. The van der Waals surface area contributed by atoms with Crippen molar-refractivity contribution in [2.24, 2.45) is 0 Å². The summed E-state index contributed by atoms with van der Waals surface area (Å²) in [6, 6.07) is -0.0986. The van der Waals surface area contributed by atoms with Crippen LogP contribution in [0.2, 0.25) is 0 Å². The van der Waals surface area contributed by atoms with Gasteiger partial charge in [-0.1, -0.05) is 0 Å². The molecule has 2 heterocycles. The van der Waals surface area contributed by atoms with Crippen LogP contribution in [0.15, 0.2) is 16.6 Å². The molecule has 0 amide bonds. The highest BCUT2D eigenvalue weighted by molar-refractivity contribution is 7.89. The summed E-state index contributed by atoms with van der Waals surface area (Å²) >= 11 is 1.34. The standard InChI is InChI=1S/C10H14N4O3S2/c1-17-7-4-6(5-7)13-19(15,16)9-8(11)12-10-14(9)2-3-18-10/h2-3,6-7,13H,4-5,11H2,1H3. The summed E-state index contributed by atoms with van der Waals surface area (Å²) < 4.78 is 33.9. The maximum Gasteiger partial charge on any atom is 0.260 e. The van der Waals surface area contributed by atoms with E-state index in [9.17, 15) is 8.42 Å². The molecule has 0 bridgehead atoms. The predicted molar refractivity (Wildman–Crippen MR) is 71.6 cm³/mol. The average Bonchev–Trinajstić information content (AvgIpc) is 2.81. The summed E-state index contributed by atoms with van der Waals surface area (Å²) in [6.45, 7) is 0. The molecule has 0 spiro atoms. The highest BCUT2D eigenvalue weighted by Crippen LogP contribution is 2.27. The first-order valence-electron chi connectivity index (χ1n) is 5.77. The van der Waals surface area contributed by atoms with Crippen molar-refractivity contribution < 1.29 is 13.2 Å². The van der Waals surface area contributed by atoms with Gasteiger partial charge in [0.25, 0.3) is 10.0 Å². The fraction of sp³-hybridized carbons (Fsp3) is 0.500. The second-order valence-electron chi connectivity index (χ2n) is 4.51. The molecule has 0 aromatic carbocycles. The minimum atomic E-state index is -3.66. The minimum Gasteiger partial charge on any atom is -0.381 e. The van der Waals surface area contributed by atoms with E-state index in [4.69, 9.17) is 10.5 Å². The van der Waals surface area contributed by atoms with Crippen LogP contribution in [-0.4, -0.2) is 37.1 Å². The van der Waals surface area contributed by atoms with E-state index in [1.807, 2.05) is 0 Å². The molecule has 1 aliphatic carbocycles. The van der Waals surface area contributed by atoms with Gasteiger partial charge in [-0.25, -0.2) is 18.1 Å². The van der Waals surface area contributed by atoms with Gasteiger partial charge in [-0.2, -0.15) is 0 Å². The van der Waals surface area contributed by atoms with E-state index in [-0.39, 0.29) is 23.0 Å². The summed E-state index contributed by atoms with van der Waals surface area (Å²) in [6.07, 6.45) is 3.15. The molecule has 3 rings (SSSR count). The van der Waals surface area contributed by atoms with Crippen LogP contribution in [0.3, 0.4) is 0 Å². The van der Waals surface area contributed by atoms with Crippen molar-refractivity contribution in [3.05, 3.63) is 11.6 Å². The number of rotatable bonds is 4. The number of nitrogens with zero attached hydrogens (tertiary/aromatic N) is 2. The molecule has 7 nitrogen and oxygen atoms in total. The molecule has 0 radical (unpaired) electrons. The van der Waals surface area contributed by atoms with E-state index < -0.39 is 10.0 Å². The van der Waals surface area contributed by atoms with Crippen LogP contribution < -0.4 is 10.5 Å². The number of imidazole rings is 1. The first kappa shape index (κ1) is 12.9. The van der Waals surface area contributed by atoms with Gasteiger partial charge >= 0.3 is 0 Å². The number of sulfonamides is 1. The molecule has 0 unspecified atom stereocenters. The zero-order valence-electron chi connectivity index (χ0n) is 10.2. The Morgan fingerprint density at radius 2 is 2.32 bits per heavy atom. The smallest absolute Gasteiger partial charge is 0.260 e. The number of fused-ring (bicyclic) bond motifs is 1. The predicted octanol–water partition coefficient (Wildman–Crippen LogP) is 0.434. The van der Waals surface area contributed by atoms with Crippen LogP contribution in [0.4, 0.5) is 5.82 Å². The van der Waals surface area contributed by atoms with Crippen molar-refractivity contribution in [2.75, 3.05) is 12.8 Å². The van der Waals surface area contributed by atoms with E-state index in [0.29, 0.717) is 17.8 Å². The molecule has 9 heteroatoms. The molecule has 19 heavy (non-hydrogen) atoms. The number of ether oxygens (including phenoxy) is 1. The Bertz CT molecular complexity index is 699. The van der Waals surface area contributed by atoms with Gasteiger partial charge in [-0.05, 0) is 12.8 Å². The van der Waals surface area contributed by atoms with Crippen LogP contribution >= 0.6 is 11.3 Å². The number of nitrogens with one attached hydrogen (secondary N) is 1. The summed E-state index contributed by atoms with van der Waals surface area (Å²) in [7, 11) is -2.04. The number of aromatic nitrogens is 2. The van der Waals surface area contributed by atoms with Gasteiger partial charge in [0.05, 0.1) is 6.10 Å². The van der Waals surface area contributed by atoms with Crippen molar-refractivity contribution in [3.63, 3.8) is 0 Å². The van der Waals surface area contributed by atoms with Gasteiger partial charge in [-0.15, -0.1) is 11.3 Å². The van der Waals surface area contributed by atoms with E-state index in [0.717, 1.165) is 0 Å². The van der Waals surface area contributed by atoms with Gasteiger partial charge in [-0.3, -0.25) is 4.40 Å². The first-order valence-corrected chi connectivity index (χ1v) is 8.13. The van der Waals surface area contributed by atoms with Crippen LogP contribution in [0.5, 0.6) is 0 Å². The third-order valence-electron chi connectivity index (χ3n) is 3.25. The zero-order valence-corrected chi connectivity index (χ0v) is 11.9. The third kappa shape index (κ3) is 2.12. The average molecular weight is 302 g/mol. The SMILES string of the molecule is COC1CC(NS(=O)(=O)c2c(N)nc3sccn23)C1. The molecule has 1 fully saturated rings. The summed E-state index contributed by atoms with van der Waals surface area (Å²) in [5.41, 5.74) is 5.70. The lowest BCUT2D eigenvalue weighted by Gasteiger charge is -2.34. The first-order chi connectivity index (χ1) is 9.01. The number of hydrogen-bond acceptors (Lipinski definition) is 6. The molecule has 0 aliphatic heterocycles. The summed E-state index contributed by atoms with van der Waals surface area (Å²) in [4.78, 5) is 4.61. The Morgan fingerprint density at radius 3 is 3.00 bits per heavy atom. The Balaban J connectivity index is 1.88. The van der Waals surface area contributed by atoms with Crippen molar-refractivity contribution >= 4 is 32.1 Å². The summed E-state index contributed by atoms with van der Waals surface area (Å²) in [5, 5.41) is 1.79. The van der Waals surface area contributed by atoms with Crippen molar-refractivity contribution in [1.82, 2.24) is 14.1 Å². The molecule has 0 atom stereocenters. The van der Waals surface area contributed by atoms with Gasteiger partial charge in [0.15, 0.2) is 15.8 Å². The van der Waals surface area contributed by atoms with Crippen molar-refractivity contribution in [1.29, 1.82) is 0 Å². The highest BCUT2D eigenvalue weighted by atomic mass is 32.2. The lowest BCUT2D eigenvalue weighted by atomic mass is 9.90. The molecule has 2 aromatic rings. The van der Waals surface area contributed by atoms with E-state index >= 15 is 0 Å². The Labute approximate surface area is 114 Å². The quantitative estimate of drug-likeness (QED) is 0.853. The van der Waals surface area contributed by atoms with Crippen LogP contribution in [0, 0.1) is 0 Å². The fourth-order valence-corrected chi connectivity index (χ4v) is 4.43. The maximum absolute atomic E-state index is 12.3. The lowest BCUT2D eigenvalue weighted by molar-refractivity contribution is 0.0236. The number of nitrogen functional groups attached to an aromatic ring is 1. The van der Waals surface area contributed by atoms with E-state index in [1.165, 1.54) is 15.7 Å². The van der Waals surface area contributed by atoms with Gasteiger partial charge in [0.1, 0.15) is 0 Å². The van der Waals surface area contributed by atoms with Crippen molar-refractivity contribution in [3.8, 4) is 0 Å². The van der Waals surface area contributed by atoms with Crippen LogP contribution in [0.25, 0.3) is 4.96 Å². The second-order valence-corrected chi connectivity index (χ2v) is 7.01. The lowest BCUT2D eigenvalue weighted by Crippen LogP contribution is -2.47. The monoisotopic (exact) mass is 302 g/mol. The molecule has 3 N–H and O–H groups in total. The topological polar surface area (TPSA) is 98.7 Å². The number of methoxy groups -OCH3 is 1. The van der Waals surface area contributed by atoms with Gasteiger partial charge in [0.2, 0.25) is 0 Å². The molecule has 0 saturated heterocycles. The van der Waals surface area contributed by atoms with Crippen molar-refractivity contribution in [2.45, 2.75) is 30.0 Å². The van der Waals surface area contributed by atoms with Crippen LogP contribution in [-0.2, 0) is 14.8 Å². The Morgan fingerprint density at radius 1 is 1.58 bits per heavy atom. The molecular formula is C10H14N4O3S2. The Hall–Kier alpha value is -1.16. The van der Waals surface area contributed by atoms with Gasteiger partial charge in [0, 0.05) is 24.7 Å². The maximum atomic E-state index is 12.3. The van der Waals surface area contributed by atoms with E-state index in [2.05, 4.69) is 9.71 Å². The molecule has 2 aromatic heterocycles. The normalized spacial score (nSPS) is 23.6. The fourth-order valence-electron chi connectivity index (χ4n) is 2.18.